The molecule has 2 atom stereocenters. The summed E-state index contributed by atoms with van der Waals surface area (Å²) in [4.78, 5) is 57.9. The van der Waals surface area contributed by atoms with Crippen LogP contribution in [-0.4, -0.2) is 72.5 Å². The van der Waals surface area contributed by atoms with Crippen LogP contribution in [0.2, 0.25) is 0 Å². The second-order valence-corrected chi connectivity index (χ2v) is 17.2. The molecular formula is C56H70N2O10. The Kier molecular flexibility index (Phi) is 23.9. The van der Waals surface area contributed by atoms with Gasteiger partial charge in [0.25, 0.3) is 0 Å². The molecule has 1 saturated carbocycles. The number of carbonyl (C=O) groups excluding carboxylic acids is 4. The van der Waals surface area contributed by atoms with E-state index in [1.165, 1.54) is 50.7 Å². The Morgan fingerprint density at radius 2 is 0.794 bits per heavy atom. The highest BCUT2D eigenvalue weighted by Gasteiger charge is 2.32. The van der Waals surface area contributed by atoms with Crippen LogP contribution >= 0.6 is 0 Å². The average molecular weight is 931 g/mol. The van der Waals surface area contributed by atoms with E-state index >= 15 is 0 Å². The molecule has 0 amide bonds. The van der Waals surface area contributed by atoms with Crippen molar-refractivity contribution in [3.05, 3.63) is 122 Å². The van der Waals surface area contributed by atoms with Gasteiger partial charge in [0.15, 0.2) is 0 Å². The normalized spacial score (nSPS) is 14.3. The summed E-state index contributed by atoms with van der Waals surface area (Å²) in [5.41, 5.74) is 4.09. The standard InChI is InChI=1S/C56H70N2O10/c1-3-53(59)65-39-21-15-11-7-5-9-13-19-37-63-47-33-35-49(57-41-47)43-25-29-45(30-26-43)55(61)67-51-23-17-18-24-52(51)68-56(62)46-31-27-44(28-32-46)50-36-34-48(42-58-50)64-38-20-14-10-6-8-12-16-22-40-66-54(60)4-2/h3-4,25-36,41-42,51-52H,1-2,5-24,37-40H2/t51-,52-/m1/s1. The van der Waals surface area contributed by atoms with Crippen molar-refractivity contribution in [1.29, 1.82) is 0 Å². The molecule has 2 aromatic carbocycles. The second kappa shape index (κ2) is 30.9. The van der Waals surface area contributed by atoms with Crippen molar-refractivity contribution in [3.8, 4) is 34.0 Å². The highest BCUT2D eigenvalue weighted by atomic mass is 16.6. The number of esters is 4. The molecule has 0 aliphatic heterocycles. The van der Waals surface area contributed by atoms with Gasteiger partial charge in [-0.3, -0.25) is 9.97 Å². The molecule has 12 heteroatoms. The highest BCUT2D eigenvalue weighted by Crippen LogP contribution is 2.28. The van der Waals surface area contributed by atoms with Gasteiger partial charge < -0.3 is 28.4 Å². The van der Waals surface area contributed by atoms with Gasteiger partial charge in [0.1, 0.15) is 23.7 Å². The SMILES string of the molecule is C=CC(=O)OCCCCCCCCCCOc1ccc(-c2ccc(C(=O)O[C@@H]3CCCC[C@H]3OC(=O)c3ccc(-c4ccc(OCCCCCCCCCCOC(=O)C=C)cn4)cc3)cc2)nc1. The van der Waals surface area contributed by atoms with Crippen LogP contribution in [-0.2, 0) is 28.5 Å². The van der Waals surface area contributed by atoms with Crippen molar-refractivity contribution in [2.75, 3.05) is 26.4 Å². The van der Waals surface area contributed by atoms with E-state index in [9.17, 15) is 19.2 Å². The number of aromatic nitrogens is 2. The van der Waals surface area contributed by atoms with Gasteiger partial charge in [-0.15, -0.1) is 0 Å². The van der Waals surface area contributed by atoms with Gasteiger partial charge in [-0.2, -0.15) is 0 Å². The molecule has 0 bridgehead atoms. The van der Waals surface area contributed by atoms with Crippen LogP contribution in [0.3, 0.4) is 0 Å². The number of carbonyl (C=O) groups is 4. The number of benzene rings is 2. The zero-order valence-corrected chi connectivity index (χ0v) is 39.8. The molecule has 0 N–H and O–H groups in total. The van der Waals surface area contributed by atoms with E-state index in [1.54, 1.807) is 36.7 Å². The largest absolute Gasteiger partial charge is 0.492 e. The first-order valence-electron chi connectivity index (χ1n) is 24.7. The van der Waals surface area contributed by atoms with E-state index in [0.717, 1.165) is 111 Å². The van der Waals surface area contributed by atoms with Gasteiger partial charge in [-0.05, 0) is 99.9 Å². The van der Waals surface area contributed by atoms with Crippen LogP contribution in [0.4, 0.5) is 0 Å². The lowest BCUT2D eigenvalue weighted by atomic mass is 9.94. The summed E-state index contributed by atoms with van der Waals surface area (Å²) in [5, 5.41) is 0. The molecule has 4 aromatic rings. The lowest BCUT2D eigenvalue weighted by molar-refractivity contribution is -0.138. The molecule has 0 saturated heterocycles. The number of ether oxygens (including phenoxy) is 6. The third-order valence-corrected chi connectivity index (χ3v) is 11.9. The highest BCUT2D eigenvalue weighted by molar-refractivity contribution is 5.91. The van der Waals surface area contributed by atoms with Crippen molar-refractivity contribution in [1.82, 2.24) is 9.97 Å². The molecule has 2 aromatic heterocycles. The lowest BCUT2D eigenvalue weighted by Gasteiger charge is -2.30. The quantitative estimate of drug-likeness (QED) is 0.0198. The topological polar surface area (TPSA) is 149 Å². The molecular weight excluding hydrogens is 861 g/mol. The van der Waals surface area contributed by atoms with Gasteiger partial charge in [-0.1, -0.05) is 114 Å². The minimum Gasteiger partial charge on any atom is -0.492 e. The summed E-state index contributed by atoms with van der Waals surface area (Å²) in [5.74, 6) is -0.191. The minimum absolute atomic E-state index is 0.357. The first-order chi connectivity index (χ1) is 33.3. The van der Waals surface area contributed by atoms with Crippen LogP contribution in [0, 0.1) is 0 Å². The van der Waals surface area contributed by atoms with E-state index in [0.29, 0.717) is 50.4 Å². The number of hydrogen-bond acceptors (Lipinski definition) is 12. The zero-order chi connectivity index (χ0) is 48.0. The molecule has 68 heavy (non-hydrogen) atoms. The Morgan fingerprint density at radius 1 is 0.456 bits per heavy atom. The molecule has 12 nitrogen and oxygen atoms in total. The summed E-state index contributed by atoms with van der Waals surface area (Å²) >= 11 is 0. The van der Waals surface area contributed by atoms with Crippen LogP contribution in [0.1, 0.15) is 149 Å². The van der Waals surface area contributed by atoms with Crippen molar-refractivity contribution >= 4 is 23.9 Å². The molecule has 1 aliphatic carbocycles. The van der Waals surface area contributed by atoms with Gasteiger partial charge in [-0.25, -0.2) is 19.2 Å². The number of rotatable bonds is 32. The maximum absolute atomic E-state index is 13.3. The van der Waals surface area contributed by atoms with E-state index in [-0.39, 0.29) is 11.9 Å². The molecule has 1 aliphatic rings. The van der Waals surface area contributed by atoms with Crippen LogP contribution in [0.15, 0.2) is 111 Å². The molecule has 0 radical (unpaired) electrons. The van der Waals surface area contributed by atoms with E-state index in [4.69, 9.17) is 28.4 Å². The van der Waals surface area contributed by atoms with Crippen LogP contribution < -0.4 is 9.47 Å². The fourth-order valence-electron chi connectivity index (χ4n) is 7.94. The first-order valence-corrected chi connectivity index (χ1v) is 24.7. The Hall–Kier alpha value is -6.30. The predicted molar refractivity (Wildman–Crippen MR) is 263 cm³/mol. The van der Waals surface area contributed by atoms with E-state index in [2.05, 4.69) is 23.1 Å². The molecule has 0 unspecified atom stereocenters. The maximum Gasteiger partial charge on any atom is 0.338 e. The number of hydrogen-bond donors (Lipinski definition) is 0. The molecule has 2 heterocycles. The van der Waals surface area contributed by atoms with Gasteiger partial charge >= 0.3 is 23.9 Å². The number of nitrogens with zero attached hydrogens (tertiary/aromatic N) is 2. The first kappa shape index (κ1) is 52.7. The average Bonchev–Trinajstić information content (AvgIpc) is 3.37. The van der Waals surface area contributed by atoms with Gasteiger partial charge in [0, 0.05) is 23.3 Å². The number of unbranched alkanes of at least 4 members (excludes halogenated alkanes) is 14. The molecule has 1 fully saturated rings. The Morgan fingerprint density at radius 3 is 1.12 bits per heavy atom. The number of pyridine rings is 2. The summed E-state index contributed by atoms with van der Waals surface area (Å²) in [7, 11) is 0. The molecule has 364 valence electrons. The summed E-state index contributed by atoms with van der Waals surface area (Å²) in [6, 6.07) is 22.0. The Balaban J connectivity index is 0.955. The fourth-order valence-corrected chi connectivity index (χ4v) is 7.94. The van der Waals surface area contributed by atoms with E-state index in [1.807, 2.05) is 48.5 Å². The molecule has 5 rings (SSSR count). The van der Waals surface area contributed by atoms with Crippen molar-refractivity contribution in [3.63, 3.8) is 0 Å². The minimum atomic E-state index is -0.541. The third kappa shape index (κ3) is 19.5. The summed E-state index contributed by atoms with van der Waals surface area (Å²) in [6.45, 7) is 9.00. The van der Waals surface area contributed by atoms with Crippen molar-refractivity contribution in [2.45, 2.75) is 141 Å². The third-order valence-electron chi connectivity index (χ3n) is 11.9. The van der Waals surface area contributed by atoms with Crippen molar-refractivity contribution in [2.24, 2.45) is 0 Å². The fraction of sp³-hybridized carbons (Fsp3) is 0.464. The van der Waals surface area contributed by atoms with E-state index < -0.39 is 24.1 Å². The van der Waals surface area contributed by atoms with Gasteiger partial charge in [0.2, 0.25) is 0 Å². The Bertz CT molecular complexity index is 1970. The Labute approximate surface area is 402 Å². The monoisotopic (exact) mass is 931 g/mol. The smallest absolute Gasteiger partial charge is 0.338 e. The molecule has 0 spiro atoms. The second-order valence-electron chi connectivity index (χ2n) is 17.2. The summed E-state index contributed by atoms with van der Waals surface area (Å²) in [6.07, 6.45) is 25.2. The van der Waals surface area contributed by atoms with Crippen LogP contribution in [0.5, 0.6) is 11.5 Å². The van der Waals surface area contributed by atoms with Crippen LogP contribution in [0.25, 0.3) is 22.5 Å². The predicted octanol–water partition coefficient (Wildman–Crippen LogP) is 12.6. The lowest BCUT2D eigenvalue weighted by Crippen LogP contribution is -2.37. The zero-order valence-electron chi connectivity index (χ0n) is 39.8. The maximum atomic E-state index is 13.3. The summed E-state index contributed by atoms with van der Waals surface area (Å²) < 4.78 is 33.7. The van der Waals surface area contributed by atoms with Crippen molar-refractivity contribution < 1.29 is 47.6 Å². The van der Waals surface area contributed by atoms with Gasteiger partial charge in [0.05, 0.1) is 61.3 Å².